The first-order valence-corrected chi connectivity index (χ1v) is 9.80. The van der Waals surface area contributed by atoms with E-state index in [0.29, 0.717) is 16.3 Å². The van der Waals surface area contributed by atoms with Crippen LogP contribution in [0.2, 0.25) is 5.02 Å². The summed E-state index contributed by atoms with van der Waals surface area (Å²) in [6.07, 6.45) is 1.76. The third kappa shape index (κ3) is 5.73. The number of ether oxygens (including phenoxy) is 1. The van der Waals surface area contributed by atoms with Gasteiger partial charge < -0.3 is 10.1 Å². The summed E-state index contributed by atoms with van der Waals surface area (Å²) in [4.78, 5) is 12.2. The number of halogens is 1. The van der Waals surface area contributed by atoms with Crippen LogP contribution in [0.15, 0.2) is 66.7 Å². The van der Waals surface area contributed by atoms with Crippen LogP contribution in [-0.4, -0.2) is 12.5 Å². The maximum atomic E-state index is 12.2. The van der Waals surface area contributed by atoms with Crippen LogP contribution < -0.4 is 10.1 Å². The number of rotatable bonds is 6. The molecule has 0 aliphatic carbocycles. The zero-order valence-electron chi connectivity index (χ0n) is 16.8. The Labute approximate surface area is 181 Å². The molecule has 1 N–H and O–H groups in total. The molecule has 3 rings (SSSR count). The molecule has 0 aromatic heterocycles. The van der Waals surface area contributed by atoms with Crippen molar-refractivity contribution in [1.29, 1.82) is 5.26 Å². The van der Waals surface area contributed by atoms with Gasteiger partial charge in [0.1, 0.15) is 5.75 Å². The number of nitriles is 1. The van der Waals surface area contributed by atoms with Gasteiger partial charge in [-0.2, -0.15) is 5.26 Å². The van der Waals surface area contributed by atoms with Gasteiger partial charge in [-0.15, -0.1) is 0 Å². The molecular weight excluding hydrogens is 396 g/mol. The van der Waals surface area contributed by atoms with Crippen molar-refractivity contribution < 1.29 is 9.53 Å². The number of carbonyl (C=O) groups is 1. The molecule has 0 aliphatic heterocycles. The van der Waals surface area contributed by atoms with Gasteiger partial charge in [0, 0.05) is 10.7 Å². The Kier molecular flexibility index (Phi) is 6.90. The van der Waals surface area contributed by atoms with Crippen molar-refractivity contribution >= 4 is 34.8 Å². The zero-order chi connectivity index (χ0) is 21.5. The van der Waals surface area contributed by atoms with E-state index in [-0.39, 0.29) is 12.5 Å². The molecule has 0 radical (unpaired) electrons. The van der Waals surface area contributed by atoms with Crippen molar-refractivity contribution in [2.75, 3.05) is 11.9 Å². The number of amides is 1. The highest BCUT2D eigenvalue weighted by atomic mass is 35.5. The lowest BCUT2D eigenvalue weighted by atomic mass is 10.0. The van der Waals surface area contributed by atoms with Gasteiger partial charge >= 0.3 is 0 Å². The molecule has 4 nitrogen and oxygen atoms in total. The SMILES string of the molecule is Cc1ccc(NC(=O)COc2cccc(/C=C(/C#N)c3cccc(Cl)c3)c2)cc1C. The number of allylic oxidation sites excluding steroid dienone is 1. The van der Waals surface area contributed by atoms with Crippen LogP contribution in [0.4, 0.5) is 5.69 Å². The van der Waals surface area contributed by atoms with Crippen molar-refractivity contribution in [2.45, 2.75) is 13.8 Å². The lowest BCUT2D eigenvalue weighted by Crippen LogP contribution is -2.20. The van der Waals surface area contributed by atoms with E-state index in [1.165, 1.54) is 5.56 Å². The molecule has 150 valence electrons. The summed E-state index contributed by atoms with van der Waals surface area (Å²) >= 11 is 6.02. The average Bonchev–Trinajstić information content (AvgIpc) is 2.73. The van der Waals surface area contributed by atoms with Gasteiger partial charge in [0.2, 0.25) is 0 Å². The highest BCUT2D eigenvalue weighted by molar-refractivity contribution is 6.30. The van der Waals surface area contributed by atoms with E-state index in [0.717, 1.165) is 22.4 Å². The third-order valence-corrected chi connectivity index (χ3v) is 4.82. The molecule has 0 heterocycles. The van der Waals surface area contributed by atoms with Gasteiger partial charge in [0.25, 0.3) is 5.91 Å². The number of hydrogen-bond donors (Lipinski definition) is 1. The number of nitrogens with zero attached hydrogens (tertiary/aromatic N) is 1. The number of aryl methyl sites for hydroxylation is 2. The van der Waals surface area contributed by atoms with E-state index in [1.54, 1.807) is 36.4 Å². The van der Waals surface area contributed by atoms with Gasteiger partial charge in [-0.3, -0.25) is 4.79 Å². The maximum absolute atomic E-state index is 12.2. The smallest absolute Gasteiger partial charge is 0.262 e. The van der Waals surface area contributed by atoms with Crippen LogP contribution in [0, 0.1) is 25.2 Å². The van der Waals surface area contributed by atoms with Crippen molar-refractivity contribution in [3.05, 3.63) is 94.0 Å². The molecule has 0 saturated heterocycles. The minimum Gasteiger partial charge on any atom is -0.484 e. The molecule has 0 saturated carbocycles. The predicted molar refractivity (Wildman–Crippen MR) is 121 cm³/mol. The van der Waals surface area contributed by atoms with Crippen LogP contribution in [0.3, 0.4) is 0 Å². The molecule has 0 unspecified atom stereocenters. The highest BCUT2D eigenvalue weighted by Gasteiger charge is 2.06. The van der Waals surface area contributed by atoms with Crippen molar-refractivity contribution in [3.8, 4) is 11.8 Å². The van der Waals surface area contributed by atoms with E-state index < -0.39 is 0 Å². The largest absolute Gasteiger partial charge is 0.484 e. The van der Waals surface area contributed by atoms with E-state index in [4.69, 9.17) is 16.3 Å². The second kappa shape index (κ2) is 9.78. The second-order valence-corrected chi connectivity index (χ2v) is 7.32. The van der Waals surface area contributed by atoms with Crippen molar-refractivity contribution in [3.63, 3.8) is 0 Å². The van der Waals surface area contributed by atoms with Crippen molar-refractivity contribution in [1.82, 2.24) is 0 Å². The number of carbonyl (C=O) groups excluding carboxylic acids is 1. The molecule has 0 aliphatic rings. The first kappa shape index (κ1) is 21.2. The van der Waals surface area contributed by atoms with E-state index in [1.807, 2.05) is 50.2 Å². The Morgan fingerprint density at radius 3 is 2.60 bits per heavy atom. The average molecular weight is 417 g/mol. The Balaban J connectivity index is 1.67. The first-order chi connectivity index (χ1) is 14.4. The minimum atomic E-state index is -0.240. The van der Waals surface area contributed by atoms with Crippen molar-refractivity contribution in [2.24, 2.45) is 0 Å². The van der Waals surface area contributed by atoms with Crippen LogP contribution in [0.25, 0.3) is 11.6 Å². The normalized spacial score (nSPS) is 10.9. The second-order valence-electron chi connectivity index (χ2n) is 6.89. The Bertz CT molecular complexity index is 1150. The number of benzene rings is 3. The summed E-state index contributed by atoms with van der Waals surface area (Å²) in [6.45, 7) is 3.91. The fourth-order valence-corrected chi connectivity index (χ4v) is 3.05. The Morgan fingerprint density at radius 2 is 1.87 bits per heavy atom. The molecule has 3 aromatic carbocycles. The van der Waals surface area contributed by atoms with E-state index >= 15 is 0 Å². The summed E-state index contributed by atoms with van der Waals surface area (Å²) in [6, 6.07) is 22.3. The molecular formula is C25H21ClN2O2. The van der Waals surface area contributed by atoms with E-state index in [9.17, 15) is 10.1 Å². The lowest BCUT2D eigenvalue weighted by Gasteiger charge is -2.09. The van der Waals surface area contributed by atoms with Gasteiger partial charge in [-0.05, 0) is 78.6 Å². The summed E-state index contributed by atoms with van der Waals surface area (Å²) in [5.41, 5.74) is 5.04. The quantitative estimate of drug-likeness (QED) is 0.393. The minimum absolute atomic E-state index is 0.112. The van der Waals surface area contributed by atoms with E-state index in [2.05, 4.69) is 11.4 Å². The highest BCUT2D eigenvalue weighted by Crippen LogP contribution is 2.23. The fourth-order valence-electron chi connectivity index (χ4n) is 2.86. The summed E-state index contributed by atoms with van der Waals surface area (Å²) in [7, 11) is 0. The zero-order valence-corrected chi connectivity index (χ0v) is 17.5. The molecule has 0 fully saturated rings. The van der Waals surface area contributed by atoms with Gasteiger partial charge in [0.05, 0.1) is 11.6 Å². The monoisotopic (exact) mass is 416 g/mol. The Morgan fingerprint density at radius 1 is 1.07 bits per heavy atom. The lowest BCUT2D eigenvalue weighted by molar-refractivity contribution is -0.118. The molecule has 0 bridgehead atoms. The van der Waals surface area contributed by atoms with Gasteiger partial charge in [-0.1, -0.05) is 41.9 Å². The molecule has 30 heavy (non-hydrogen) atoms. The molecule has 3 aromatic rings. The third-order valence-electron chi connectivity index (χ3n) is 4.59. The molecule has 5 heteroatoms. The Hall–Kier alpha value is -3.55. The summed E-state index contributed by atoms with van der Waals surface area (Å²) in [5, 5.41) is 12.9. The van der Waals surface area contributed by atoms with Crippen LogP contribution >= 0.6 is 11.6 Å². The number of nitrogens with one attached hydrogen (secondary N) is 1. The van der Waals surface area contributed by atoms with Crippen LogP contribution in [-0.2, 0) is 4.79 Å². The molecule has 0 atom stereocenters. The van der Waals surface area contributed by atoms with Crippen LogP contribution in [0.1, 0.15) is 22.3 Å². The topological polar surface area (TPSA) is 62.1 Å². The summed E-state index contributed by atoms with van der Waals surface area (Å²) in [5.74, 6) is 0.304. The summed E-state index contributed by atoms with van der Waals surface area (Å²) < 4.78 is 5.63. The molecule has 1 amide bonds. The maximum Gasteiger partial charge on any atom is 0.262 e. The predicted octanol–water partition coefficient (Wildman–Crippen LogP) is 6.04. The first-order valence-electron chi connectivity index (χ1n) is 9.42. The van der Waals surface area contributed by atoms with Gasteiger partial charge in [0.15, 0.2) is 6.61 Å². The number of hydrogen-bond acceptors (Lipinski definition) is 3. The number of anilines is 1. The standard InChI is InChI=1S/C25H21ClN2O2/c1-17-9-10-23(11-18(17)2)28-25(29)16-30-24-8-3-5-19(13-24)12-21(15-27)20-6-4-7-22(26)14-20/h3-14H,16H2,1-2H3,(H,28,29)/b21-12-. The van der Waals surface area contributed by atoms with Crippen LogP contribution in [0.5, 0.6) is 5.75 Å². The van der Waals surface area contributed by atoms with Gasteiger partial charge in [-0.25, -0.2) is 0 Å². The molecule has 0 spiro atoms. The fraction of sp³-hybridized carbons (Fsp3) is 0.120.